The lowest BCUT2D eigenvalue weighted by Crippen LogP contribution is -2.11. The molecule has 0 aromatic heterocycles. The molecule has 0 heterocycles. The number of alkyl halides is 3. The maximum absolute atomic E-state index is 13.6. The third kappa shape index (κ3) is 3.72. The summed E-state index contributed by atoms with van der Waals surface area (Å²) < 4.78 is 91.3. The Kier molecular flexibility index (Phi) is 4.49. The lowest BCUT2D eigenvalue weighted by atomic mass is 10.1. The van der Waals surface area contributed by atoms with Crippen molar-refractivity contribution in [2.24, 2.45) is 0 Å². The summed E-state index contributed by atoms with van der Waals surface area (Å²) in [6, 6.07) is 2.98. The van der Waals surface area contributed by atoms with Crippen molar-refractivity contribution >= 4 is 12.2 Å². The number of hydrogen-bond acceptors (Lipinski definition) is 0. The van der Waals surface area contributed by atoms with E-state index >= 15 is 0 Å². The fourth-order valence-corrected chi connectivity index (χ4v) is 2.01. The first kappa shape index (κ1) is 17.1. The summed E-state index contributed by atoms with van der Waals surface area (Å²) in [6.07, 6.45) is -3.36. The van der Waals surface area contributed by atoms with Gasteiger partial charge in [-0.2, -0.15) is 13.2 Å². The lowest BCUT2D eigenvalue weighted by molar-refractivity contribution is -0.142. The molecule has 0 N–H and O–H groups in total. The zero-order chi connectivity index (χ0) is 17.4. The highest BCUT2D eigenvalue weighted by Gasteiger charge is 2.37. The second-order valence-corrected chi connectivity index (χ2v) is 4.83. The zero-order valence-corrected chi connectivity index (χ0v) is 11.6. The monoisotopic (exact) mass is 334 g/mol. The van der Waals surface area contributed by atoms with Gasteiger partial charge in [-0.1, -0.05) is 6.08 Å². The molecular formula is C16H9F7. The maximum Gasteiger partial charge on any atom is 0.422 e. The van der Waals surface area contributed by atoms with Crippen LogP contribution in [0.25, 0.3) is 12.2 Å². The Morgan fingerprint density at radius 1 is 0.739 bits per heavy atom. The van der Waals surface area contributed by atoms with Gasteiger partial charge in [-0.3, -0.25) is 0 Å². The zero-order valence-electron chi connectivity index (χ0n) is 11.6. The van der Waals surface area contributed by atoms with E-state index in [2.05, 4.69) is 0 Å². The smallest absolute Gasteiger partial charge is 0.206 e. The van der Waals surface area contributed by atoms with Gasteiger partial charge in [0.15, 0.2) is 0 Å². The van der Waals surface area contributed by atoms with Crippen molar-refractivity contribution in [1.29, 1.82) is 0 Å². The van der Waals surface area contributed by atoms with E-state index in [-0.39, 0.29) is 5.56 Å². The van der Waals surface area contributed by atoms with Crippen molar-refractivity contribution < 1.29 is 30.7 Å². The Hall–Kier alpha value is -2.31. The fraction of sp³-hybridized carbons (Fsp3) is 0.125. The van der Waals surface area contributed by atoms with Crippen molar-refractivity contribution in [1.82, 2.24) is 0 Å². The van der Waals surface area contributed by atoms with Crippen LogP contribution in [0.5, 0.6) is 0 Å². The first-order valence-corrected chi connectivity index (χ1v) is 6.29. The van der Waals surface area contributed by atoms with Crippen LogP contribution in [-0.4, -0.2) is 0 Å². The molecule has 0 radical (unpaired) electrons. The highest BCUT2D eigenvalue weighted by molar-refractivity contribution is 5.70. The van der Waals surface area contributed by atoms with Crippen molar-refractivity contribution in [3.8, 4) is 0 Å². The molecule has 0 saturated heterocycles. The van der Waals surface area contributed by atoms with Crippen molar-refractivity contribution in [3.63, 3.8) is 0 Å². The maximum atomic E-state index is 13.6. The van der Waals surface area contributed by atoms with E-state index in [9.17, 15) is 30.7 Å². The Balaban J connectivity index is 2.42. The van der Waals surface area contributed by atoms with E-state index in [0.29, 0.717) is 17.7 Å². The van der Waals surface area contributed by atoms with E-state index in [0.717, 1.165) is 24.3 Å². The molecule has 0 amide bonds. The van der Waals surface area contributed by atoms with Crippen LogP contribution < -0.4 is 0 Å². The van der Waals surface area contributed by atoms with Crippen LogP contribution in [-0.2, 0) is 6.18 Å². The minimum atomic E-state index is -5.18. The summed E-state index contributed by atoms with van der Waals surface area (Å²) in [7, 11) is 0. The van der Waals surface area contributed by atoms with E-state index in [1.165, 1.54) is 6.92 Å². The van der Waals surface area contributed by atoms with Crippen molar-refractivity contribution in [3.05, 3.63) is 69.8 Å². The van der Waals surface area contributed by atoms with Crippen molar-refractivity contribution in [2.75, 3.05) is 0 Å². The number of benzene rings is 2. The van der Waals surface area contributed by atoms with Crippen molar-refractivity contribution in [2.45, 2.75) is 13.1 Å². The quantitative estimate of drug-likeness (QED) is 0.485. The van der Waals surface area contributed by atoms with Gasteiger partial charge in [0.2, 0.25) is 0 Å². The molecule has 0 aliphatic heterocycles. The third-order valence-corrected chi connectivity index (χ3v) is 3.01. The fourth-order valence-electron chi connectivity index (χ4n) is 2.01. The van der Waals surface area contributed by atoms with E-state index in [4.69, 9.17) is 0 Å². The molecular weight excluding hydrogens is 325 g/mol. The molecule has 0 nitrogen and oxygen atoms in total. The van der Waals surface area contributed by atoms with Gasteiger partial charge >= 0.3 is 6.18 Å². The molecule has 122 valence electrons. The predicted molar refractivity (Wildman–Crippen MR) is 71.4 cm³/mol. The molecule has 0 aliphatic rings. The number of hydrogen-bond donors (Lipinski definition) is 0. The van der Waals surface area contributed by atoms with Gasteiger partial charge in [-0.05, 0) is 48.4 Å². The summed E-state index contributed by atoms with van der Waals surface area (Å²) in [6.45, 7) is 1.47. The van der Waals surface area contributed by atoms with Crippen LogP contribution in [0.15, 0.2) is 24.3 Å². The average molecular weight is 334 g/mol. The van der Waals surface area contributed by atoms with E-state index in [1.807, 2.05) is 0 Å². The molecule has 2 aromatic rings. The Morgan fingerprint density at radius 3 is 1.65 bits per heavy atom. The lowest BCUT2D eigenvalue weighted by Gasteiger charge is -2.09. The first-order chi connectivity index (χ1) is 10.6. The van der Waals surface area contributed by atoms with Gasteiger partial charge < -0.3 is 0 Å². The summed E-state index contributed by atoms with van der Waals surface area (Å²) >= 11 is 0. The highest BCUT2D eigenvalue weighted by atomic mass is 19.4. The van der Waals surface area contributed by atoms with E-state index in [1.54, 1.807) is 0 Å². The van der Waals surface area contributed by atoms with Gasteiger partial charge in [0.25, 0.3) is 0 Å². The minimum Gasteiger partial charge on any atom is -0.206 e. The largest absolute Gasteiger partial charge is 0.422 e. The normalized spacial score (nSPS) is 12.2. The summed E-state index contributed by atoms with van der Waals surface area (Å²) in [4.78, 5) is 0. The second-order valence-electron chi connectivity index (χ2n) is 4.83. The van der Waals surface area contributed by atoms with Gasteiger partial charge in [0.05, 0.1) is 0 Å². The van der Waals surface area contributed by atoms with Crippen LogP contribution in [0.2, 0.25) is 0 Å². The average Bonchev–Trinajstić information content (AvgIpc) is 2.34. The van der Waals surface area contributed by atoms with Crippen LogP contribution >= 0.6 is 0 Å². The molecule has 0 unspecified atom stereocenters. The SMILES string of the molecule is Cc1cc(F)c(/C=C/c2cc(F)c(C(F)(F)F)c(F)c2)c(F)c1. The molecule has 23 heavy (non-hydrogen) atoms. The molecule has 7 heteroatoms. The highest BCUT2D eigenvalue weighted by Crippen LogP contribution is 2.34. The van der Waals surface area contributed by atoms with Gasteiger partial charge in [0, 0.05) is 5.56 Å². The summed E-state index contributed by atoms with van der Waals surface area (Å²) in [5.74, 6) is -5.40. The van der Waals surface area contributed by atoms with Crippen LogP contribution in [0.4, 0.5) is 30.7 Å². The number of aryl methyl sites for hydroxylation is 1. The Morgan fingerprint density at radius 2 is 1.22 bits per heavy atom. The molecule has 0 saturated carbocycles. The minimum absolute atomic E-state index is 0.299. The number of halogens is 7. The molecule has 0 fully saturated rings. The molecule has 2 rings (SSSR count). The third-order valence-electron chi connectivity index (χ3n) is 3.01. The molecule has 0 aliphatic carbocycles. The Labute approximate surface area is 126 Å². The number of rotatable bonds is 2. The molecule has 2 aromatic carbocycles. The van der Waals surface area contributed by atoms with Gasteiger partial charge in [0.1, 0.15) is 28.8 Å². The second kappa shape index (κ2) is 6.06. The van der Waals surface area contributed by atoms with E-state index < -0.39 is 40.6 Å². The predicted octanol–water partition coefficient (Wildman–Crippen LogP) is 5.74. The summed E-state index contributed by atoms with van der Waals surface area (Å²) in [5.41, 5.74) is -2.44. The topological polar surface area (TPSA) is 0 Å². The molecule has 0 spiro atoms. The van der Waals surface area contributed by atoms with Crippen LogP contribution in [0, 0.1) is 30.2 Å². The van der Waals surface area contributed by atoms with Crippen LogP contribution in [0.1, 0.15) is 22.3 Å². The standard InChI is InChI=1S/C16H9F7/c1-8-4-11(17)10(12(18)5-8)3-2-9-6-13(19)15(14(20)7-9)16(21,22)23/h2-7H,1H3/b3-2+. The first-order valence-electron chi connectivity index (χ1n) is 6.29. The van der Waals surface area contributed by atoms with Gasteiger partial charge in [-0.25, -0.2) is 17.6 Å². The van der Waals surface area contributed by atoms with Crippen LogP contribution in [0.3, 0.4) is 0 Å². The Bertz CT molecular complexity index is 726. The summed E-state index contributed by atoms with van der Waals surface area (Å²) in [5, 5.41) is 0. The molecule has 0 atom stereocenters. The molecule has 0 bridgehead atoms. The van der Waals surface area contributed by atoms with Gasteiger partial charge in [-0.15, -0.1) is 0 Å².